The molecular weight excluding hydrogens is 333 g/mol. The number of hydrogen-bond donors (Lipinski definition) is 1. The van der Waals surface area contributed by atoms with E-state index in [1.54, 1.807) is 13.2 Å². The van der Waals surface area contributed by atoms with E-state index in [2.05, 4.69) is 0 Å². The molecule has 0 aromatic rings. The van der Waals surface area contributed by atoms with Crippen LogP contribution in [0.25, 0.3) is 0 Å². The normalized spacial score (nSPS) is 36.0. The molecule has 0 aromatic heterocycles. The molecule has 1 amide bonds. The number of fused-ring (bicyclic) bond motifs is 3. The van der Waals surface area contributed by atoms with Crippen molar-refractivity contribution in [2.45, 2.75) is 43.6 Å². The molecule has 0 aromatic carbocycles. The van der Waals surface area contributed by atoms with Crippen molar-refractivity contribution in [1.29, 1.82) is 0 Å². The first-order valence-electron chi connectivity index (χ1n) is 7.15. The molecule has 0 spiro atoms. The van der Waals surface area contributed by atoms with Gasteiger partial charge in [-0.05, 0) is 25.3 Å². The van der Waals surface area contributed by atoms with Crippen LogP contribution in [0.1, 0.15) is 26.2 Å². The van der Waals surface area contributed by atoms with E-state index >= 15 is 0 Å². The zero-order valence-corrected chi connectivity index (χ0v) is 16.9. The van der Waals surface area contributed by atoms with Crippen LogP contribution in [0.15, 0.2) is 11.3 Å². The first kappa shape index (κ1) is 18.8. The van der Waals surface area contributed by atoms with Crippen molar-refractivity contribution in [3.8, 4) is 0 Å². The Kier molecular flexibility index (Phi) is 5.75. The number of carboxylic acid groups (broad SMARTS) is 1. The van der Waals surface area contributed by atoms with Gasteiger partial charge in [-0.25, -0.2) is 0 Å². The summed E-state index contributed by atoms with van der Waals surface area (Å²) in [6.07, 6.45) is 3.03. The molecule has 0 bridgehead atoms. The Morgan fingerprint density at radius 2 is 2.09 bits per heavy atom. The Hall–Kier alpha value is 0.426. The maximum absolute atomic E-state index is 12.2. The number of aliphatic carboxylic acids is 1. The molecule has 2 fully saturated rings. The molecule has 2 aliphatic heterocycles. The molecule has 6 atom stereocenters. The monoisotopic (exact) mass is 351 g/mol. The van der Waals surface area contributed by atoms with E-state index in [1.807, 2.05) is 0 Å². The van der Waals surface area contributed by atoms with Gasteiger partial charge in [-0.3, -0.25) is 9.00 Å². The molecule has 3 rings (SSSR count). The average Bonchev–Trinajstić information content (AvgIpc) is 2.68. The van der Waals surface area contributed by atoms with Gasteiger partial charge in [-0.2, -0.15) is 0 Å². The van der Waals surface area contributed by atoms with Crippen molar-refractivity contribution in [2.24, 2.45) is 11.8 Å². The first-order chi connectivity index (χ1) is 9.86. The van der Waals surface area contributed by atoms with Crippen molar-refractivity contribution in [3.05, 3.63) is 11.3 Å². The summed E-state index contributed by atoms with van der Waals surface area (Å²) in [4.78, 5) is 25.0. The molecule has 0 radical (unpaired) electrons. The number of β-lactam (4-membered cyclic amide) rings is 1. The number of hydrogen-bond acceptors (Lipinski definition) is 5. The third kappa shape index (κ3) is 2.60. The predicted molar refractivity (Wildman–Crippen MR) is 73.0 cm³/mol. The van der Waals surface area contributed by atoms with Gasteiger partial charge in [0.2, 0.25) is 5.91 Å². The standard InChI is InChI=1S/C14H19NO5S.K/c1-6(16)9-11-7-4-3-5-8(21(2)20)10(7)12(14(18)19)15(11)13(9)17;/h6-9,11,16H,3-5H2,1-2H3,(H,18,19);/q;+1/p-1. The average molecular weight is 351 g/mol. The van der Waals surface area contributed by atoms with Crippen molar-refractivity contribution in [3.63, 3.8) is 0 Å². The SMILES string of the molecule is CC(O)C1C(=O)N2C(C(=O)[O-])=C3C(CCCC3S(C)=O)C12.[K+]. The molecule has 6 nitrogen and oxygen atoms in total. The summed E-state index contributed by atoms with van der Waals surface area (Å²) in [6.45, 7) is 1.55. The Bertz CT molecular complexity index is 576. The van der Waals surface area contributed by atoms with Crippen LogP contribution in [0.2, 0.25) is 0 Å². The minimum Gasteiger partial charge on any atom is -0.543 e. The number of amides is 1. The van der Waals surface area contributed by atoms with E-state index < -0.39 is 28.8 Å². The number of rotatable bonds is 3. The van der Waals surface area contributed by atoms with Crippen LogP contribution in [0, 0.1) is 11.8 Å². The molecule has 2 heterocycles. The summed E-state index contributed by atoms with van der Waals surface area (Å²) in [7, 11) is -1.18. The molecule has 1 aliphatic carbocycles. The number of carboxylic acids is 1. The van der Waals surface area contributed by atoms with Gasteiger partial charge in [0.05, 0.1) is 35.0 Å². The summed E-state index contributed by atoms with van der Waals surface area (Å²) >= 11 is 0. The van der Waals surface area contributed by atoms with Crippen LogP contribution in [0.5, 0.6) is 0 Å². The fraction of sp³-hybridized carbons (Fsp3) is 0.714. The van der Waals surface area contributed by atoms with E-state index in [0.717, 1.165) is 12.8 Å². The van der Waals surface area contributed by atoms with Crippen LogP contribution < -0.4 is 56.5 Å². The number of carbonyl (C=O) groups is 2. The van der Waals surface area contributed by atoms with Crippen LogP contribution in [0.4, 0.5) is 0 Å². The third-order valence-corrected chi connectivity index (χ3v) is 6.25. The summed E-state index contributed by atoms with van der Waals surface area (Å²) in [5, 5.41) is 21.0. The second-order valence-corrected chi connectivity index (χ2v) is 7.65. The Labute approximate surface area is 174 Å². The molecule has 1 N–H and O–H groups in total. The zero-order valence-electron chi connectivity index (χ0n) is 12.9. The van der Waals surface area contributed by atoms with Gasteiger partial charge in [-0.15, -0.1) is 0 Å². The van der Waals surface area contributed by atoms with E-state index in [1.165, 1.54) is 4.90 Å². The van der Waals surface area contributed by atoms with Crippen LogP contribution >= 0.6 is 0 Å². The number of nitrogens with zero attached hydrogens (tertiary/aromatic N) is 1. The summed E-state index contributed by atoms with van der Waals surface area (Å²) < 4.78 is 12.0. The Balaban J connectivity index is 0.00000176. The molecule has 6 unspecified atom stereocenters. The van der Waals surface area contributed by atoms with Gasteiger partial charge >= 0.3 is 51.4 Å². The maximum Gasteiger partial charge on any atom is 1.00 e. The number of carbonyl (C=O) groups excluding carboxylic acids is 2. The first-order valence-corrected chi connectivity index (χ1v) is 8.77. The van der Waals surface area contributed by atoms with Gasteiger partial charge < -0.3 is 19.9 Å². The molecule has 1 saturated heterocycles. The zero-order chi connectivity index (χ0) is 15.5. The maximum atomic E-state index is 12.2. The predicted octanol–water partition coefficient (Wildman–Crippen LogP) is -4.24. The van der Waals surface area contributed by atoms with Gasteiger partial charge in [0.1, 0.15) is 0 Å². The minimum atomic E-state index is -1.38. The third-order valence-electron chi connectivity index (χ3n) is 4.96. The minimum absolute atomic E-state index is 0. The van der Waals surface area contributed by atoms with Crippen molar-refractivity contribution < 1.29 is 75.4 Å². The fourth-order valence-electron chi connectivity index (χ4n) is 4.17. The van der Waals surface area contributed by atoms with E-state index in [9.17, 15) is 24.0 Å². The smallest absolute Gasteiger partial charge is 0.543 e. The van der Waals surface area contributed by atoms with Gasteiger partial charge in [0, 0.05) is 23.0 Å². The van der Waals surface area contributed by atoms with Crippen LogP contribution in [0.3, 0.4) is 0 Å². The van der Waals surface area contributed by atoms with Crippen LogP contribution in [-0.2, 0) is 20.4 Å². The van der Waals surface area contributed by atoms with Crippen molar-refractivity contribution in [2.75, 3.05) is 6.26 Å². The van der Waals surface area contributed by atoms with E-state index in [0.29, 0.717) is 12.0 Å². The Morgan fingerprint density at radius 3 is 2.59 bits per heavy atom. The van der Waals surface area contributed by atoms with Gasteiger partial charge in [-0.1, -0.05) is 6.42 Å². The van der Waals surface area contributed by atoms with Gasteiger partial charge in [0.15, 0.2) is 0 Å². The molecule has 8 heteroatoms. The molecule has 1 saturated carbocycles. The second-order valence-electron chi connectivity index (χ2n) is 6.08. The van der Waals surface area contributed by atoms with E-state index in [4.69, 9.17) is 0 Å². The summed E-state index contributed by atoms with van der Waals surface area (Å²) in [5.41, 5.74) is 0.510. The van der Waals surface area contributed by atoms with E-state index in [-0.39, 0.29) is 80.2 Å². The topological polar surface area (TPSA) is 97.7 Å². The summed E-state index contributed by atoms with van der Waals surface area (Å²) in [5.74, 6) is -2.42. The molecular formula is C14H18KNO5S. The van der Waals surface area contributed by atoms with Gasteiger partial charge in [0.25, 0.3) is 0 Å². The van der Waals surface area contributed by atoms with Crippen molar-refractivity contribution in [1.82, 2.24) is 4.90 Å². The number of aliphatic hydroxyl groups is 1. The largest absolute Gasteiger partial charge is 1.00 e. The van der Waals surface area contributed by atoms with Crippen LogP contribution in [-0.4, -0.2) is 49.7 Å². The summed E-state index contributed by atoms with van der Waals surface area (Å²) in [6, 6.07) is -0.313. The fourth-order valence-corrected chi connectivity index (χ4v) is 5.31. The molecule has 22 heavy (non-hydrogen) atoms. The Morgan fingerprint density at radius 1 is 1.45 bits per heavy atom. The molecule has 3 aliphatic rings. The quantitative estimate of drug-likeness (QED) is 0.410. The van der Waals surface area contributed by atoms with Crippen molar-refractivity contribution >= 4 is 22.7 Å². The second kappa shape index (κ2) is 6.74. The number of aliphatic hydroxyl groups excluding tert-OH is 1. The molecule has 116 valence electrons.